The van der Waals surface area contributed by atoms with Crippen molar-refractivity contribution >= 4 is 11.9 Å². The third kappa shape index (κ3) is 2.20. The topological polar surface area (TPSA) is 76.7 Å². The molecule has 0 saturated carbocycles. The molecule has 2 heterocycles. The van der Waals surface area contributed by atoms with Crippen molar-refractivity contribution in [1.82, 2.24) is 10.6 Å². The fourth-order valence-corrected chi connectivity index (χ4v) is 2.97. The molecule has 2 N–H and O–H groups in total. The Kier molecular flexibility index (Phi) is 3.19. The molecule has 2 aliphatic rings. The SMILES string of the molecule is CC1(C)COC(=O)[C@](C)([C@]2(C)NC(C)(C)COC2=O)N1. The summed E-state index contributed by atoms with van der Waals surface area (Å²) in [5.41, 5.74) is -3.20. The van der Waals surface area contributed by atoms with E-state index in [0.717, 1.165) is 0 Å². The van der Waals surface area contributed by atoms with E-state index in [0.29, 0.717) is 0 Å². The third-order valence-electron chi connectivity index (χ3n) is 4.12. The van der Waals surface area contributed by atoms with Crippen LogP contribution in [0.15, 0.2) is 0 Å². The summed E-state index contributed by atoms with van der Waals surface area (Å²) < 4.78 is 10.6. The van der Waals surface area contributed by atoms with Gasteiger partial charge < -0.3 is 9.47 Å². The Balaban J connectivity index is 2.44. The summed E-state index contributed by atoms with van der Waals surface area (Å²) in [5, 5.41) is 6.52. The number of carbonyl (C=O) groups excluding carboxylic acids is 2. The molecule has 0 aromatic rings. The van der Waals surface area contributed by atoms with Gasteiger partial charge in [0.1, 0.15) is 24.3 Å². The number of nitrogens with one attached hydrogen (secondary N) is 2. The molecule has 0 aromatic heterocycles. The predicted octanol–water partition coefficient (Wildman–Crippen LogP) is 0.354. The van der Waals surface area contributed by atoms with Crippen LogP contribution in [0.4, 0.5) is 0 Å². The molecule has 2 rings (SSSR count). The molecule has 2 aliphatic heterocycles. The average molecular weight is 284 g/mol. The van der Waals surface area contributed by atoms with Gasteiger partial charge in [-0.2, -0.15) is 0 Å². The minimum Gasteiger partial charge on any atom is -0.462 e. The molecule has 0 unspecified atom stereocenters. The first-order valence-corrected chi connectivity index (χ1v) is 6.85. The first-order valence-electron chi connectivity index (χ1n) is 6.85. The van der Waals surface area contributed by atoms with Crippen LogP contribution in [0.1, 0.15) is 41.5 Å². The number of esters is 2. The van der Waals surface area contributed by atoms with Crippen molar-refractivity contribution in [3.8, 4) is 0 Å². The Morgan fingerprint density at radius 1 is 0.750 bits per heavy atom. The van der Waals surface area contributed by atoms with Gasteiger partial charge in [0.2, 0.25) is 0 Å². The molecule has 0 bridgehead atoms. The second-order valence-electron chi connectivity index (χ2n) is 7.42. The summed E-state index contributed by atoms with van der Waals surface area (Å²) >= 11 is 0. The zero-order valence-corrected chi connectivity index (χ0v) is 13.0. The van der Waals surface area contributed by atoms with Gasteiger partial charge in [0.25, 0.3) is 0 Å². The van der Waals surface area contributed by atoms with Crippen molar-refractivity contribution in [2.75, 3.05) is 13.2 Å². The van der Waals surface area contributed by atoms with E-state index in [-0.39, 0.29) is 13.2 Å². The highest BCUT2D eigenvalue weighted by Crippen LogP contribution is 2.35. The molecule has 114 valence electrons. The Labute approximate surface area is 119 Å². The summed E-state index contributed by atoms with van der Waals surface area (Å²) in [7, 11) is 0. The van der Waals surface area contributed by atoms with Gasteiger partial charge in [-0.1, -0.05) is 0 Å². The fourth-order valence-electron chi connectivity index (χ4n) is 2.97. The molecule has 0 spiro atoms. The Hall–Kier alpha value is -1.14. The quantitative estimate of drug-likeness (QED) is 0.677. The van der Waals surface area contributed by atoms with Crippen LogP contribution in [0.2, 0.25) is 0 Å². The molecule has 0 radical (unpaired) electrons. The number of hydrogen-bond donors (Lipinski definition) is 2. The smallest absolute Gasteiger partial charge is 0.328 e. The second kappa shape index (κ2) is 4.18. The summed E-state index contributed by atoms with van der Waals surface area (Å²) in [6.45, 7) is 11.6. The number of rotatable bonds is 1. The van der Waals surface area contributed by atoms with Gasteiger partial charge >= 0.3 is 11.9 Å². The standard InChI is InChI=1S/C14H24N2O4/c1-11(2)7-19-9(17)13(5,15-11)14(6)10(18)20-8-12(3,4)16-14/h15-16H,7-8H2,1-6H3/t13-,14-/m1/s1. The van der Waals surface area contributed by atoms with Crippen molar-refractivity contribution in [2.45, 2.75) is 63.7 Å². The van der Waals surface area contributed by atoms with Crippen LogP contribution >= 0.6 is 0 Å². The molecule has 2 saturated heterocycles. The lowest BCUT2D eigenvalue weighted by Crippen LogP contribution is -2.83. The van der Waals surface area contributed by atoms with Gasteiger partial charge in [-0.3, -0.25) is 10.6 Å². The number of hydrogen-bond acceptors (Lipinski definition) is 6. The lowest BCUT2D eigenvalue weighted by atomic mass is 9.74. The van der Waals surface area contributed by atoms with Crippen molar-refractivity contribution in [3.63, 3.8) is 0 Å². The van der Waals surface area contributed by atoms with Crippen molar-refractivity contribution in [2.24, 2.45) is 0 Å². The Morgan fingerprint density at radius 2 is 1.05 bits per heavy atom. The van der Waals surface area contributed by atoms with Gasteiger partial charge in [-0.05, 0) is 41.5 Å². The van der Waals surface area contributed by atoms with Gasteiger partial charge in [-0.15, -0.1) is 0 Å². The average Bonchev–Trinajstić information content (AvgIpc) is 2.28. The highest BCUT2D eigenvalue weighted by Gasteiger charge is 2.63. The van der Waals surface area contributed by atoms with Gasteiger partial charge in [-0.25, -0.2) is 9.59 Å². The van der Waals surface area contributed by atoms with E-state index in [1.807, 2.05) is 27.7 Å². The molecule has 6 nitrogen and oxygen atoms in total. The van der Waals surface area contributed by atoms with Crippen LogP contribution in [0.25, 0.3) is 0 Å². The van der Waals surface area contributed by atoms with E-state index in [1.54, 1.807) is 13.8 Å². The van der Waals surface area contributed by atoms with Crippen LogP contribution in [0, 0.1) is 0 Å². The first kappa shape index (κ1) is 15.3. The number of carbonyl (C=O) groups is 2. The maximum atomic E-state index is 12.3. The fraction of sp³-hybridized carbons (Fsp3) is 0.857. The number of ether oxygens (including phenoxy) is 2. The third-order valence-corrected chi connectivity index (χ3v) is 4.12. The largest absolute Gasteiger partial charge is 0.462 e. The summed E-state index contributed by atoms with van der Waals surface area (Å²) in [6, 6.07) is 0. The van der Waals surface area contributed by atoms with Crippen molar-refractivity contribution < 1.29 is 19.1 Å². The molecular formula is C14H24N2O4. The van der Waals surface area contributed by atoms with Crippen molar-refractivity contribution in [1.29, 1.82) is 0 Å². The van der Waals surface area contributed by atoms with E-state index in [4.69, 9.17) is 9.47 Å². The summed E-state index contributed by atoms with van der Waals surface area (Å²) in [6.07, 6.45) is 0. The normalized spacial score (nSPS) is 39.9. The minimum atomic E-state index is -1.19. The molecular weight excluding hydrogens is 260 g/mol. The van der Waals surface area contributed by atoms with Gasteiger partial charge in [0, 0.05) is 11.1 Å². The second-order valence-corrected chi connectivity index (χ2v) is 7.42. The van der Waals surface area contributed by atoms with Crippen LogP contribution in [-0.2, 0) is 19.1 Å². The van der Waals surface area contributed by atoms with E-state index in [9.17, 15) is 9.59 Å². The molecule has 2 atom stereocenters. The summed E-state index contributed by atoms with van der Waals surface area (Å²) in [5.74, 6) is -0.886. The maximum absolute atomic E-state index is 12.3. The van der Waals surface area contributed by atoms with Crippen LogP contribution in [0.5, 0.6) is 0 Å². The molecule has 20 heavy (non-hydrogen) atoms. The number of morpholine rings is 2. The number of cyclic esters (lactones) is 2. The van der Waals surface area contributed by atoms with Crippen LogP contribution in [0.3, 0.4) is 0 Å². The van der Waals surface area contributed by atoms with E-state index in [1.165, 1.54) is 0 Å². The summed E-state index contributed by atoms with van der Waals surface area (Å²) in [4.78, 5) is 24.7. The molecule has 0 aromatic carbocycles. The van der Waals surface area contributed by atoms with Crippen LogP contribution < -0.4 is 10.6 Å². The molecule has 0 amide bonds. The van der Waals surface area contributed by atoms with E-state index in [2.05, 4.69) is 10.6 Å². The lowest BCUT2D eigenvalue weighted by Gasteiger charge is -2.54. The first-order chi connectivity index (χ1) is 8.92. The van der Waals surface area contributed by atoms with Gasteiger partial charge in [0.15, 0.2) is 0 Å². The Bertz CT molecular complexity index is 418. The molecule has 6 heteroatoms. The van der Waals surface area contributed by atoms with Crippen LogP contribution in [-0.4, -0.2) is 47.3 Å². The highest BCUT2D eigenvalue weighted by molar-refractivity contribution is 5.95. The van der Waals surface area contributed by atoms with E-state index >= 15 is 0 Å². The monoisotopic (exact) mass is 284 g/mol. The Morgan fingerprint density at radius 3 is 1.35 bits per heavy atom. The molecule has 2 fully saturated rings. The minimum absolute atomic E-state index is 0.274. The predicted molar refractivity (Wildman–Crippen MR) is 73.2 cm³/mol. The van der Waals surface area contributed by atoms with Gasteiger partial charge in [0.05, 0.1) is 0 Å². The van der Waals surface area contributed by atoms with E-state index < -0.39 is 34.1 Å². The lowest BCUT2D eigenvalue weighted by molar-refractivity contribution is -0.184. The maximum Gasteiger partial charge on any atom is 0.328 e. The zero-order chi connectivity index (χ0) is 15.4. The highest BCUT2D eigenvalue weighted by atomic mass is 16.6. The van der Waals surface area contributed by atoms with Crippen molar-refractivity contribution in [3.05, 3.63) is 0 Å². The zero-order valence-electron chi connectivity index (χ0n) is 13.0. The molecule has 0 aliphatic carbocycles.